The molecule has 104 valence electrons. The number of benzene rings is 1. The molecule has 0 aliphatic rings. The Morgan fingerprint density at radius 1 is 1.21 bits per heavy atom. The summed E-state index contributed by atoms with van der Waals surface area (Å²) in [5.74, 6) is 0.0727. The van der Waals surface area contributed by atoms with Crippen LogP contribution in [0.1, 0.15) is 44.4 Å². The maximum atomic E-state index is 11.6. The van der Waals surface area contributed by atoms with Gasteiger partial charge in [0, 0.05) is 13.0 Å². The summed E-state index contributed by atoms with van der Waals surface area (Å²) in [6, 6.07) is 7.90. The Labute approximate surface area is 114 Å². The van der Waals surface area contributed by atoms with E-state index in [4.69, 9.17) is 0 Å². The van der Waals surface area contributed by atoms with Crippen molar-refractivity contribution >= 4 is 11.8 Å². The summed E-state index contributed by atoms with van der Waals surface area (Å²) in [6.07, 6.45) is 1.38. The number of hydrogen-bond donors (Lipinski definition) is 2. The minimum absolute atomic E-state index is 0.0526. The van der Waals surface area contributed by atoms with Gasteiger partial charge in [-0.3, -0.25) is 4.79 Å². The molecular weight excluding hydrogens is 240 g/mol. The molecule has 1 rings (SSSR count). The van der Waals surface area contributed by atoms with E-state index < -0.39 is 0 Å². The second-order valence-electron chi connectivity index (χ2n) is 4.67. The highest BCUT2D eigenvalue weighted by atomic mass is 16.2. The van der Waals surface area contributed by atoms with Gasteiger partial charge in [-0.2, -0.15) is 0 Å². The predicted octanol–water partition coefficient (Wildman–Crippen LogP) is 2.59. The molecule has 0 saturated heterocycles. The lowest BCUT2D eigenvalue weighted by molar-refractivity contribution is -0.116. The zero-order valence-electron chi connectivity index (χ0n) is 11.8. The lowest BCUT2D eigenvalue weighted by Gasteiger charge is -2.15. The van der Waals surface area contributed by atoms with Crippen molar-refractivity contribution in [3.63, 3.8) is 0 Å². The van der Waals surface area contributed by atoms with Crippen molar-refractivity contribution in [1.82, 2.24) is 10.6 Å². The van der Waals surface area contributed by atoms with E-state index in [1.54, 1.807) is 0 Å². The van der Waals surface area contributed by atoms with Crippen molar-refractivity contribution in [3.8, 4) is 0 Å². The quantitative estimate of drug-likeness (QED) is 0.828. The summed E-state index contributed by atoms with van der Waals surface area (Å²) >= 11 is 0. The van der Waals surface area contributed by atoms with Crippen LogP contribution in [-0.4, -0.2) is 18.4 Å². The number of carbonyl (C=O) groups is 2. The Balaban J connectivity index is 2.42. The van der Waals surface area contributed by atoms with Gasteiger partial charge in [0.25, 0.3) is 0 Å². The van der Waals surface area contributed by atoms with Crippen LogP contribution in [0, 0.1) is 0 Å². The van der Waals surface area contributed by atoms with Crippen LogP contribution in [0.5, 0.6) is 0 Å². The van der Waals surface area contributed by atoms with Crippen LogP contribution in [0.15, 0.2) is 24.3 Å². The third-order valence-corrected chi connectivity index (χ3v) is 3.00. The molecule has 0 saturated carbocycles. The molecule has 4 heteroatoms. The monoisotopic (exact) mass is 262 g/mol. The summed E-state index contributed by atoms with van der Waals surface area (Å²) in [5, 5.41) is 5.51. The summed E-state index contributed by atoms with van der Waals surface area (Å²) in [4.78, 5) is 22.4. The highest BCUT2D eigenvalue weighted by Crippen LogP contribution is 2.13. The molecule has 0 spiro atoms. The topological polar surface area (TPSA) is 58.2 Å². The Bertz CT molecular complexity index is 426. The summed E-state index contributed by atoms with van der Waals surface area (Å²) in [7, 11) is 0. The standard InChI is InChI=1S/C15H22N2O2/c1-4-13-5-7-14(8-6-13)12(3)17-15(19)16-10-9-11(2)18/h5-8,12H,4,9-10H2,1-3H3,(H2,16,17,19). The molecule has 1 atom stereocenters. The molecule has 1 aromatic rings. The zero-order chi connectivity index (χ0) is 14.3. The van der Waals surface area contributed by atoms with Crippen LogP contribution in [-0.2, 0) is 11.2 Å². The number of carbonyl (C=O) groups excluding carboxylic acids is 2. The Morgan fingerprint density at radius 2 is 1.84 bits per heavy atom. The van der Waals surface area contributed by atoms with Crippen LogP contribution >= 0.6 is 0 Å². The third-order valence-electron chi connectivity index (χ3n) is 3.00. The van der Waals surface area contributed by atoms with Gasteiger partial charge in [0.1, 0.15) is 5.78 Å². The number of Topliss-reactive ketones (excluding diaryl/α,β-unsaturated/α-hetero) is 1. The summed E-state index contributed by atoms with van der Waals surface area (Å²) in [5.41, 5.74) is 2.35. The van der Waals surface area contributed by atoms with Crippen LogP contribution in [0.2, 0.25) is 0 Å². The van der Waals surface area contributed by atoms with E-state index in [-0.39, 0.29) is 17.9 Å². The summed E-state index contributed by atoms with van der Waals surface area (Å²) < 4.78 is 0. The first kappa shape index (κ1) is 15.2. The van der Waals surface area contributed by atoms with Gasteiger partial charge in [-0.25, -0.2) is 4.79 Å². The van der Waals surface area contributed by atoms with Crippen molar-refractivity contribution in [2.45, 2.75) is 39.7 Å². The second-order valence-corrected chi connectivity index (χ2v) is 4.67. The zero-order valence-corrected chi connectivity index (χ0v) is 11.8. The Morgan fingerprint density at radius 3 is 2.37 bits per heavy atom. The van der Waals surface area contributed by atoms with Gasteiger partial charge < -0.3 is 10.6 Å². The molecule has 0 heterocycles. The van der Waals surface area contributed by atoms with E-state index in [0.29, 0.717) is 13.0 Å². The maximum Gasteiger partial charge on any atom is 0.315 e. The fourth-order valence-corrected chi connectivity index (χ4v) is 1.73. The first-order chi connectivity index (χ1) is 9.02. The highest BCUT2D eigenvalue weighted by Gasteiger charge is 2.08. The fourth-order valence-electron chi connectivity index (χ4n) is 1.73. The number of nitrogens with one attached hydrogen (secondary N) is 2. The molecule has 2 amide bonds. The van der Waals surface area contributed by atoms with E-state index in [2.05, 4.69) is 29.7 Å². The molecule has 0 aliphatic heterocycles. The normalized spacial score (nSPS) is 11.7. The molecule has 19 heavy (non-hydrogen) atoms. The van der Waals surface area contributed by atoms with E-state index in [1.807, 2.05) is 19.1 Å². The number of amides is 2. The van der Waals surface area contributed by atoms with Crippen molar-refractivity contribution in [2.75, 3.05) is 6.54 Å². The molecule has 1 aromatic carbocycles. The largest absolute Gasteiger partial charge is 0.338 e. The predicted molar refractivity (Wildman–Crippen MR) is 76.1 cm³/mol. The minimum atomic E-state index is -0.242. The fraction of sp³-hybridized carbons (Fsp3) is 0.467. The number of urea groups is 1. The lowest BCUT2D eigenvalue weighted by atomic mass is 10.1. The first-order valence-corrected chi connectivity index (χ1v) is 6.65. The molecule has 0 bridgehead atoms. The van der Waals surface area contributed by atoms with Gasteiger partial charge in [0.05, 0.1) is 6.04 Å². The number of ketones is 1. The lowest BCUT2D eigenvalue weighted by Crippen LogP contribution is -2.37. The van der Waals surface area contributed by atoms with Crippen LogP contribution in [0.3, 0.4) is 0 Å². The van der Waals surface area contributed by atoms with E-state index in [9.17, 15) is 9.59 Å². The van der Waals surface area contributed by atoms with Gasteiger partial charge in [-0.05, 0) is 31.4 Å². The van der Waals surface area contributed by atoms with E-state index >= 15 is 0 Å². The van der Waals surface area contributed by atoms with Gasteiger partial charge in [-0.1, -0.05) is 31.2 Å². The molecule has 1 unspecified atom stereocenters. The van der Waals surface area contributed by atoms with Gasteiger partial charge >= 0.3 is 6.03 Å². The second kappa shape index (κ2) is 7.56. The highest BCUT2D eigenvalue weighted by molar-refractivity contribution is 5.78. The average Bonchev–Trinajstić information content (AvgIpc) is 2.38. The van der Waals surface area contributed by atoms with Crippen molar-refractivity contribution < 1.29 is 9.59 Å². The molecule has 0 fully saturated rings. The third kappa shape index (κ3) is 5.55. The average molecular weight is 262 g/mol. The Hall–Kier alpha value is -1.84. The van der Waals surface area contributed by atoms with Crippen molar-refractivity contribution in [3.05, 3.63) is 35.4 Å². The number of rotatable bonds is 6. The molecule has 4 nitrogen and oxygen atoms in total. The molecule has 0 aromatic heterocycles. The molecule has 0 aliphatic carbocycles. The van der Waals surface area contributed by atoms with Crippen LogP contribution in [0.25, 0.3) is 0 Å². The van der Waals surface area contributed by atoms with Gasteiger partial charge in [0.15, 0.2) is 0 Å². The SMILES string of the molecule is CCc1ccc(C(C)NC(=O)NCCC(C)=O)cc1. The molecular formula is C15H22N2O2. The smallest absolute Gasteiger partial charge is 0.315 e. The summed E-state index contributed by atoms with van der Waals surface area (Å²) in [6.45, 7) is 5.94. The molecule has 2 N–H and O–H groups in total. The van der Waals surface area contributed by atoms with Gasteiger partial charge in [-0.15, -0.1) is 0 Å². The van der Waals surface area contributed by atoms with E-state index in [1.165, 1.54) is 12.5 Å². The number of aryl methyl sites for hydroxylation is 1. The maximum absolute atomic E-state index is 11.6. The van der Waals surface area contributed by atoms with Crippen molar-refractivity contribution in [1.29, 1.82) is 0 Å². The first-order valence-electron chi connectivity index (χ1n) is 6.65. The van der Waals surface area contributed by atoms with Crippen LogP contribution in [0.4, 0.5) is 4.79 Å². The Kier molecular flexibility index (Phi) is 6.06. The van der Waals surface area contributed by atoms with E-state index in [0.717, 1.165) is 12.0 Å². The minimum Gasteiger partial charge on any atom is -0.338 e. The van der Waals surface area contributed by atoms with Gasteiger partial charge in [0.2, 0.25) is 0 Å². The van der Waals surface area contributed by atoms with Crippen molar-refractivity contribution in [2.24, 2.45) is 0 Å². The van der Waals surface area contributed by atoms with Crippen LogP contribution < -0.4 is 10.6 Å². The molecule has 0 radical (unpaired) electrons. The number of hydrogen-bond acceptors (Lipinski definition) is 2.